The van der Waals surface area contributed by atoms with Crippen molar-refractivity contribution in [1.29, 1.82) is 0 Å². The first kappa shape index (κ1) is 19.0. The van der Waals surface area contributed by atoms with Gasteiger partial charge < -0.3 is 5.11 Å². The van der Waals surface area contributed by atoms with Gasteiger partial charge in [-0.15, -0.1) is 0 Å². The Labute approximate surface area is 119 Å². The first-order valence-electron chi connectivity index (χ1n) is 5.31. The number of aliphatic carboxylic acids is 1. The maximum Gasteiger partial charge on any atom is 0.497 e. The van der Waals surface area contributed by atoms with Gasteiger partial charge in [0.1, 0.15) is 0 Å². The van der Waals surface area contributed by atoms with E-state index in [2.05, 4.69) is 0 Å². The summed E-state index contributed by atoms with van der Waals surface area (Å²) in [6.07, 6.45) is -2.48. The smallest absolute Gasteiger partial charge is 0.481 e. The first-order valence-corrected chi connectivity index (χ1v) is 8.51. The predicted octanol–water partition coefficient (Wildman–Crippen LogP) is 1.09. The fraction of sp³-hybridized carbons (Fsp3) is 0.875. The lowest BCUT2D eigenvalue weighted by atomic mass is 10.1. The number of rotatable bonds is 5. The van der Waals surface area contributed by atoms with E-state index in [0.717, 1.165) is 0 Å². The van der Waals surface area contributed by atoms with Crippen LogP contribution < -0.4 is 0 Å². The zero-order valence-electron chi connectivity index (χ0n) is 10.3. The SMILES string of the molecule is O=C(O)C1(CCS(=O)(=O)C(F)(F)F)CC1S(=O)(=O)C(F)(F)F. The summed E-state index contributed by atoms with van der Waals surface area (Å²) in [7, 11) is -11.7. The number of alkyl halides is 6. The molecule has 1 aliphatic rings. The fourth-order valence-electron chi connectivity index (χ4n) is 1.87. The number of hydrogen-bond donors (Lipinski definition) is 1. The molecule has 1 rings (SSSR count). The molecule has 22 heavy (non-hydrogen) atoms. The van der Waals surface area contributed by atoms with Gasteiger partial charge in [0, 0.05) is 0 Å². The molecule has 0 aromatic rings. The minimum Gasteiger partial charge on any atom is -0.481 e. The third-order valence-corrected chi connectivity index (χ3v) is 6.76. The highest BCUT2D eigenvalue weighted by atomic mass is 32.2. The second-order valence-electron chi connectivity index (χ2n) is 4.66. The van der Waals surface area contributed by atoms with Crippen molar-refractivity contribution in [2.45, 2.75) is 29.1 Å². The van der Waals surface area contributed by atoms with Crippen LogP contribution in [0.15, 0.2) is 0 Å². The molecule has 2 atom stereocenters. The molecule has 1 saturated carbocycles. The molecule has 0 spiro atoms. The Morgan fingerprint density at radius 2 is 1.50 bits per heavy atom. The molecule has 14 heteroatoms. The Bertz CT molecular complexity index is 675. The second kappa shape index (κ2) is 4.97. The molecule has 130 valence electrons. The van der Waals surface area contributed by atoms with Gasteiger partial charge in [-0.1, -0.05) is 0 Å². The van der Waals surface area contributed by atoms with Crippen LogP contribution in [-0.2, 0) is 24.5 Å². The predicted molar refractivity (Wildman–Crippen MR) is 57.9 cm³/mol. The summed E-state index contributed by atoms with van der Waals surface area (Å²) in [5, 5.41) is 6.30. The van der Waals surface area contributed by atoms with Crippen molar-refractivity contribution in [2.75, 3.05) is 5.75 Å². The van der Waals surface area contributed by atoms with Crippen LogP contribution in [0.4, 0.5) is 26.3 Å². The van der Waals surface area contributed by atoms with E-state index in [1.165, 1.54) is 0 Å². The number of sulfone groups is 2. The molecular formula is C8H8F6O6S2. The highest BCUT2D eigenvalue weighted by Gasteiger charge is 2.72. The van der Waals surface area contributed by atoms with Crippen LogP contribution in [-0.4, -0.2) is 49.9 Å². The van der Waals surface area contributed by atoms with Gasteiger partial charge in [0.2, 0.25) is 9.84 Å². The molecule has 0 heterocycles. The quantitative estimate of drug-likeness (QED) is 0.718. The van der Waals surface area contributed by atoms with Gasteiger partial charge >= 0.3 is 17.0 Å². The third kappa shape index (κ3) is 3.02. The van der Waals surface area contributed by atoms with Crippen molar-refractivity contribution in [3.8, 4) is 0 Å². The van der Waals surface area contributed by atoms with Crippen LogP contribution >= 0.6 is 0 Å². The lowest BCUT2D eigenvalue weighted by molar-refractivity contribution is -0.143. The van der Waals surface area contributed by atoms with Crippen molar-refractivity contribution in [2.24, 2.45) is 5.41 Å². The molecule has 2 unspecified atom stereocenters. The topological polar surface area (TPSA) is 106 Å². The summed E-state index contributed by atoms with van der Waals surface area (Å²) < 4.78 is 117. The van der Waals surface area contributed by atoms with E-state index in [-0.39, 0.29) is 0 Å². The summed E-state index contributed by atoms with van der Waals surface area (Å²) >= 11 is 0. The minimum absolute atomic E-state index is 1.10. The summed E-state index contributed by atoms with van der Waals surface area (Å²) in [6.45, 7) is 0. The zero-order valence-corrected chi connectivity index (χ0v) is 11.9. The molecule has 0 bridgehead atoms. The van der Waals surface area contributed by atoms with Crippen LogP contribution in [0.2, 0.25) is 0 Å². The molecular weight excluding hydrogens is 370 g/mol. The normalized spacial score (nSPS) is 26.7. The number of halogens is 6. The summed E-state index contributed by atoms with van der Waals surface area (Å²) in [5.74, 6) is -3.91. The zero-order chi connectivity index (χ0) is 17.8. The van der Waals surface area contributed by atoms with Crippen molar-refractivity contribution < 1.29 is 53.1 Å². The van der Waals surface area contributed by atoms with Crippen molar-refractivity contribution in [3.63, 3.8) is 0 Å². The van der Waals surface area contributed by atoms with Gasteiger partial charge in [-0.25, -0.2) is 16.8 Å². The van der Waals surface area contributed by atoms with E-state index in [4.69, 9.17) is 5.11 Å². The summed E-state index contributed by atoms with van der Waals surface area (Å²) in [6, 6.07) is 0. The third-order valence-electron chi connectivity index (χ3n) is 3.30. The van der Waals surface area contributed by atoms with Crippen LogP contribution in [0, 0.1) is 5.41 Å². The molecule has 0 saturated heterocycles. The van der Waals surface area contributed by atoms with Crippen LogP contribution in [0.3, 0.4) is 0 Å². The molecule has 0 aromatic carbocycles. The average molecular weight is 378 g/mol. The molecule has 6 nitrogen and oxygen atoms in total. The first-order chi connectivity index (χ1) is 9.49. The minimum atomic E-state index is -5.92. The highest BCUT2D eigenvalue weighted by Crippen LogP contribution is 2.57. The number of carboxylic acids is 1. The average Bonchev–Trinajstić information content (AvgIpc) is 3.00. The Kier molecular flexibility index (Phi) is 4.30. The standard InChI is InChI=1S/C8H8F6O6S2/c9-7(10,11)21(17,18)2-1-6(5(15)16)3-4(6)22(19,20)8(12,13)14/h4H,1-3H2,(H,15,16). The molecule has 1 fully saturated rings. The van der Waals surface area contributed by atoms with E-state index in [9.17, 15) is 48.0 Å². The highest BCUT2D eigenvalue weighted by molar-refractivity contribution is 7.93. The lowest BCUT2D eigenvalue weighted by Gasteiger charge is -2.15. The van der Waals surface area contributed by atoms with Crippen LogP contribution in [0.25, 0.3) is 0 Å². The van der Waals surface area contributed by atoms with E-state index < -0.39 is 65.9 Å². The van der Waals surface area contributed by atoms with Gasteiger partial charge in [0.05, 0.1) is 16.4 Å². The summed E-state index contributed by atoms with van der Waals surface area (Å²) in [4.78, 5) is 10.9. The number of carboxylic acid groups (broad SMARTS) is 1. The number of hydrogen-bond acceptors (Lipinski definition) is 5. The molecule has 0 aromatic heterocycles. The van der Waals surface area contributed by atoms with Crippen molar-refractivity contribution in [1.82, 2.24) is 0 Å². The Morgan fingerprint density at radius 3 is 1.82 bits per heavy atom. The Hall–Kier alpha value is -1.05. The maximum absolute atomic E-state index is 12.3. The second-order valence-corrected chi connectivity index (χ2v) is 8.88. The van der Waals surface area contributed by atoms with Gasteiger partial charge in [-0.05, 0) is 12.8 Å². The number of carbonyl (C=O) groups is 1. The van der Waals surface area contributed by atoms with Gasteiger partial charge in [0.15, 0.2) is 0 Å². The van der Waals surface area contributed by atoms with Crippen LogP contribution in [0.5, 0.6) is 0 Å². The molecule has 0 radical (unpaired) electrons. The van der Waals surface area contributed by atoms with Crippen molar-refractivity contribution in [3.05, 3.63) is 0 Å². The van der Waals surface area contributed by atoms with E-state index >= 15 is 0 Å². The molecule has 0 aliphatic heterocycles. The molecule has 1 N–H and O–H groups in total. The molecule has 0 amide bonds. The van der Waals surface area contributed by atoms with Gasteiger partial charge in [-0.3, -0.25) is 4.79 Å². The summed E-state index contributed by atoms with van der Waals surface area (Å²) in [5.41, 5.74) is -14.2. The Morgan fingerprint density at radius 1 is 1.05 bits per heavy atom. The van der Waals surface area contributed by atoms with Crippen molar-refractivity contribution >= 4 is 25.6 Å². The Balaban J connectivity index is 3.05. The largest absolute Gasteiger partial charge is 0.497 e. The van der Waals surface area contributed by atoms with Gasteiger partial charge in [0.25, 0.3) is 9.84 Å². The van der Waals surface area contributed by atoms with Gasteiger partial charge in [-0.2, -0.15) is 26.3 Å². The molecule has 1 aliphatic carbocycles. The van der Waals surface area contributed by atoms with E-state index in [1.54, 1.807) is 0 Å². The van der Waals surface area contributed by atoms with Crippen LogP contribution in [0.1, 0.15) is 12.8 Å². The fourth-order valence-corrected chi connectivity index (χ4v) is 4.38. The lowest BCUT2D eigenvalue weighted by Crippen LogP contribution is -2.35. The van der Waals surface area contributed by atoms with E-state index in [0.29, 0.717) is 0 Å². The monoisotopic (exact) mass is 378 g/mol. The maximum atomic E-state index is 12.3. The van der Waals surface area contributed by atoms with E-state index in [1.807, 2.05) is 0 Å².